The van der Waals surface area contributed by atoms with Crippen molar-refractivity contribution in [3.63, 3.8) is 0 Å². The number of aromatic nitrogens is 1. The summed E-state index contributed by atoms with van der Waals surface area (Å²) >= 11 is 0. The first-order valence-corrected chi connectivity index (χ1v) is 2.08. The minimum atomic E-state index is 0.0772. The molecule has 0 amide bonds. The van der Waals surface area contributed by atoms with Gasteiger partial charge < -0.3 is 5.11 Å². The largest absolute Gasteiger partial charge is 0.506 e. The van der Waals surface area contributed by atoms with Gasteiger partial charge in [0.1, 0.15) is 5.75 Å². The van der Waals surface area contributed by atoms with Crippen LogP contribution in [-0.4, -0.2) is 16.1 Å². The van der Waals surface area contributed by atoms with Crippen molar-refractivity contribution < 1.29 is 9.90 Å². The van der Waals surface area contributed by atoms with E-state index in [0.29, 0.717) is 0 Å². The molecular weight excluding hydrogens is 106 g/mol. The number of rotatable bonds is 1. The molecule has 0 aliphatic rings. The molecule has 3 heteroatoms. The molecule has 0 unspecified atom stereocenters. The minimum absolute atomic E-state index is 0.0772. The average molecular weight is 110 g/mol. The highest BCUT2D eigenvalue weighted by Crippen LogP contribution is 2.04. The third-order valence-corrected chi connectivity index (χ3v) is 0.783. The Labute approximate surface area is 46.2 Å². The second kappa shape index (κ2) is 1.69. The highest BCUT2D eigenvalue weighted by atomic mass is 16.3. The molecule has 0 aliphatic heterocycles. The lowest BCUT2D eigenvalue weighted by atomic mass is 10.6. The zero-order valence-corrected chi connectivity index (χ0v) is 4.03. The van der Waals surface area contributed by atoms with Crippen LogP contribution in [0.2, 0.25) is 0 Å². The van der Waals surface area contributed by atoms with E-state index in [9.17, 15) is 4.79 Å². The first-order chi connectivity index (χ1) is 3.83. The summed E-state index contributed by atoms with van der Waals surface area (Å²) in [6, 6.07) is 1.41. The fraction of sp³-hybridized carbons (Fsp3) is 0. The molecule has 1 rings (SSSR count). The van der Waals surface area contributed by atoms with Crippen LogP contribution in [0.4, 0.5) is 0 Å². The lowest BCUT2D eigenvalue weighted by Crippen LogP contribution is -1.85. The molecule has 1 heterocycles. The lowest BCUT2D eigenvalue weighted by Gasteiger charge is -1.77. The predicted molar refractivity (Wildman–Crippen MR) is 27.2 cm³/mol. The molecule has 0 bridgehead atoms. The fourth-order valence-electron chi connectivity index (χ4n) is 0.442. The number of hydrogen-bond donors (Lipinski definition) is 1. The molecule has 0 spiro atoms. The molecule has 0 atom stereocenters. The Morgan fingerprint density at radius 3 is 2.75 bits per heavy atom. The van der Waals surface area contributed by atoms with E-state index in [2.05, 4.69) is 0 Å². The van der Waals surface area contributed by atoms with Gasteiger partial charge in [-0.25, -0.2) is 0 Å². The first-order valence-electron chi connectivity index (χ1n) is 2.08. The smallest absolute Gasteiger partial charge is 0.320 e. The summed E-state index contributed by atoms with van der Waals surface area (Å²) in [6.07, 6.45) is 4.24. The van der Waals surface area contributed by atoms with Crippen molar-refractivity contribution in [1.29, 1.82) is 0 Å². The summed E-state index contributed by atoms with van der Waals surface area (Å²) in [6.45, 7) is 0. The SMILES string of the molecule is O=[C]n1ccc(O)c1. The van der Waals surface area contributed by atoms with E-state index < -0.39 is 0 Å². The molecule has 0 fully saturated rings. The second-order valence-electron chi connectivity index (χ2n) is 1.37. The van der Waals surface area contributed by atoms with Gasteiger partial charge in [0.25, 0.3) is 0 Å². The highest BCUT2D eigenvalue weighted by molar-refractivity contribution is 5.53. The maximum absolute atomic E-state index is 9.75. The van der Waals surface area contributed by atoms with E-state index in [-0.39, 0.29) is 5.75 Å². The maximum Gasteiger partial charge on any atom is 0.320 e. The van der Waals surface area contributed by atoms with Gasteiger partial charge in [0, 0.05) is 6.20 Å². The summed E-state index contributed by atoms with van der Waals surface area (Å²) in [7, 11) is 0. The Bertz CT molecular complexity index is 192. The van der Waals surface area contributed by atoms with Crippen molar-refractivity contribution in [3.05, 3.63) is 18.5 Å². The van der Waals surface area contributed by atoms with E-state index in [1.165, 1.54) is 18.5 Å². The number of hydrogen-bond acceptors (Lipinski definition) is 2. The topological polar surface area (TPSA) is 42.2 Å². The van der Waals surface area contributed by atoms with E-state index in [0.717, 1.165) is 4.57 Å². The third-order valence-electron chi connectivity index (χ3n) is 0.783. The van der Waals surface area contributed by atoms with Crippen LogP contribution >= 0.6 is 0 Å². The summed E-state index contributed by atoms with van der Waals surface area (Å²) in [5, 5.41) is 8.58. The van der Waals surface area contributed by atoms with Crippen LogP contribution in [0.3, 0.4) is 0 Å². The molecule has 0 aromatic carbocycles. The van der Waals surface area contributed by atoms with Crippen LogP contribution in [0, 0.1) is 0 Å². The van der Waals surface area contributed by atoms with Crippen molar-refractivity contribution in [2.75, 3.05) is 0 Å². The van der Waals surface area contributed by atoms with Crippen molar-refractivity contribution in [3.8, 4) is 5.75 Å². The average Bonchev–Trinajstić information content (AvgIpc) is 2.14. The van der Waals surface area contributed by atoms with E-state index in [4.69, 9.17) is 5.11 Å². The Hall–Kier alpha value is -1.25. The van der Waals surface area contributed by atoms with Gasteiger partial charge in [0.2, 0.25) is 0 Å². The second-order valence-corrected chi connectivity index (χ2v) is 1.37. The molecule has 0 saturated carbocycles. The molecule has 1 aromatic heterocycles. The highest BCUT2D eigenvalue weighted by Gasteiger charge is 1.88. The normalized spacial score (nSPS) is 9.00. The van der Waals surface area contributed by atoms with E-state index in [1.807, 2.05) is 0 Å². The van der Waals surface area contributed by atoms with Gasteiger partial charge >= 0.3 is 6.41 Å². The zero-order valence-electron chi connectivity index (χ0n) is 4.03. The van der Waals surface area contributed by atoms with Crippen molar-refractivity contribution in [2.45, 2.75) is 0 Å². The Morgan fingerprint density at radius 2 is 2.50 bits per heavy atom. The molecule has 0 aliphatic carbocycles. The van der Waals surface area contributed by atoms with Gasteiger partial charge in [-0.05, 0) is 6.07 Å². The van der Waals surface area contributed by atoms with Crippen LogP contribution in [0.25, 0.3) is 0 Å². The molecule has 1 N–H and O–H groups in total. The van der Waals surface area contributed by atoms with Crippen LogP contribution in [0.5, 0.6) is 5.75 Å². The first kappa shape index (κ1) is 4.90. The van der Waals surface area contributed by atoms with Crippen molar-refractivity contribution in [1.82, 2.24) is 4.57 Å². The van der Waals surface area contributed by atoms with Crippen LogP contribution in [0.1, 0.15) is 0 Å². The third kappa shape index (κ3) is 0.703. The molecule has 1 radical (unpaired) electrons. The predicted octanol–water partition coefficient (Wildman–Crippen LogP) is 0.109. The molecule has 3 nitrogen and oxygen atoms in total. The fourth-order valence-corrected chi connectivity index (χ4v) is 0.442. The van der Waals surface area contributed by atoms with Crippen LogP contribution in [0.15, 0.2) is 18.5 Å². The van der Waals surface area contributed by atoms with Crippen LogP contribution in [-0.2, 0) is 4.79 Å². The minimum Gasteiger partial charge on any atom is -0.506 e. The molecular formula is C5H4NO2. The number of nitrogens with zero attached hydrogens (tertiary/aromatic N) is 1. The summed E-state index contributed by atoms with van der Waals surface area (Å²) in [5.41, 5.74) is 0. The summed E-state index contributed by atoms with van der Waals surface area (Å²) < 4.78 is 1.11. The summed E-state index contributed by atoms with van der Waals surface area (Å²) in [5.74, 6) is 0.0772. The van der Waals surface area contributed by atoms with E-state index >= 15 is 0 Å². The van der Waals surface area contributed by atoms with Gasteiger partial charge in [-0.2, -0.15) is 0 Å². The summed E-state index contributed by atoms with van der Waals surface area (Å²) in [4.78, 5) is 9.75. The Balaban J connectivity index is 3.00. The van der Waals surface area contributed by atoms with Gasteiger partial charge in [0.05, 0.1) is 6.20 Å². The monoisotopic (exact) mass is 110 g/mol. The Morgan fingerprint density at radius 1 is 1.75 bits per heavy atom. The van der Waals surface area contributed by atoms with E-state index in [1.54, 1.807) is 6.41 Å². The molecule has 8 heavy (non-hydrogen) atoms. The maximum atomic E-state index is 9.75. The zero-order chi connectivity index (χ0) is 5.98. The number of aromatic hydroxyl groups is 1. The molecule has 1 aromatic rings. The number of carbonyl (C=O) groups excluding carboxylic acids is 1. The van der Waals surface area contributed by atoms with Gasteiger partial charge in [-0.1, -0.05) is 0 Å². The van der Waals surface area contributed by atoms with Gasteiger partial charge in [-0.15, -0.1) is 0 Å². The van der Waals surface area contributed by atoms with Crippen molar-refractivity contribution >= 4 is 6.41 Å². The standard InChI is InChI=1S/C5H4NO2/c7-4-6-2-1-5(8)3-6/h1-3,8H. The van der Waals surface area contributed by atoms with Gasteiger partial charge in [0.15, 0.2) is 0 Å². The van der Waals surface area contributed by atoms with Crippen LogP contribution < -0.4 is 0 Å². The quantitative estimate of drug-likeness (QED) is 0.557. The van der Waals surface area contributed by atoms with Crippen molar-refractivity contribution in [2.24, 2.45) is 0 Å². The molecule has 0 saturated heterocycles. The van der Waals surface area contributed by atoms with Gasteiger partial charge in [-0.3, -0.25) is 9.36 Å². The molecule has 41 valence electrons. The Kier molecular flexibility index (Phi) is 1.04. The lowest BCUT2D eigenvalue weighted by molar-refractivity contribution is 0.475.